The van der Waals surface area contributed by atoms with Gasteiger partial charge in [0.05, 0.1) is 31.0 Å². The van der Waals surface area contributed by atoms with E-state index >= 15 is 0 Å². The van der Waals surface area contributed by atoms with Gasteiger partial charge in [0.1, 0.15) is 21.7 Å². The molecule has 1 fully saturated rings. The molecule has 0 unspecified atom stereocenters. The summed E-state index contributed by atoms with van der Waals surface area (Å²) in [5, 5.41) is 19.1. The van der Waals surface area contributed by atoms with Crippen molar-refractivity contribution >= 4 is 23.2 Å². The van der Waals surface area contributed by atoms with Crippen molar-refractivity contribution in [1.82, 2.24) is 14.9 Å². The molecule has 2 heterocycles. The van der Waals surface area contributed by atoms with Gasteiger partial charge in [-0.1, -0.05) is 18.1 Å². The summed E-state index contributed by atoms with van der Waals surface area (Å²) in [6.45, 7) is 0.550. The summed E-state index contributed by atoms with van der Waals surface area (Å²) in [5.74, 6) is 1.90. The van der Waals surface area contributed by atoms with Gasteiger partial charge < -0.3 is 14.7 Å². The predicted molar refractivity (Wildman–Crippen MR) is 134 cm³/mol. The van der Waals surface area contributed by atoms with E-state index in [0.717, 1.165) is 28.9 Å². The minimum absolute atomic E-state index is 0.0222. The molecule has 8 nitrogen and oxygen atoms in total. The van der Waals surface area contributed by atoms with Gasteiger partial charge in [-0.15, -0.1) is 17.8 Å². The number of aromatic carboxylic acids is 1. The van der Waals surface area contributed by atoms with Crippen molar-refractivity contribution in [2.45, 2.75) is 37.6 Å². The Labute approximate surface area is 213 Å². The molecule has 2 aromatic heterocycles. The predicted octanol–water partition coefficient (Wildman–Crippen LogP) is 3.79. The number of carboxylic acids is 1. The maximum atomic E-state index is 13.8. The first-order valence-electron chi connectivity index (χ1n) is 11.4. The van der Waals surface area contributed by atoms with Crippen molar-refractivity contribution < 1.29 is 19.4 Å². The molecule has 36 heavy (non-hydrogen) atoms. The number of nitriles is 1. The molecule has 1 aromatic carbocycles. The summed E-state index contributed by atoms with van der Waals surface area (Å²) in [7, 11) is 1.56. The number of methoxy groups -OCH3 is 1. The van der Waals surface area contributed by atoms with Gasteiger partial charge in [0, 0.05) is 12.1 Å². The number of rotatable bonds is 10. The van der Waals surface area contributed by atoms with Crippen LogP contribution >= 0.6 is 11.3 Å². The van der Waals surface area contributed by atoms with Crippen LogP contribution in [-0.2, 0) is 23.2 Å². The molecule has 1 N–H and O–H groups in total. The van der Waals surface area contributed by atoms with Crippen molar-refractivity contribution in [2.24, 2.45) is 0 Å². The molecule has 1 aliphatic rings. The van der Waals surface area contributed by atoms with E-state index in [1.807, 2.05) is 36.4 Å². The molecule has 1 aliphatic carbocycles. The molecule has 1 amide bonds. The van der Waals surface area contributed by atoms with Gasteiger partial charge in [-0.3, -0.25) is 9.78 Å². The third kappa shape index (κ3) is 5.22. The number of ether oxygens (including phenoxy) is 1. The molecule has 1 saturated carbocycles. The monoisotopic (exact) mass is 500 g/mol. The fourth-order valence-corrected chi connectivity index (χ4v) is 5.02. The molecule has 0 bridgehead atoms. The number of terminal acetylenes is 1. The first-order valence-corrected chi connectivity index (χ1v) is 12.2. The second kappa shape index (κ2) is 10.6. The van der Waals surface area contributed by atoms with E-state index in [1.165, 1.54) is 0 Å². The van der Waals surface area contributed by atoms with E-state index in [2.05, 4.69) is 15.9 Å². The number of carbonyl (C=O) groups is 2. The second-order valence-corrected chi connectivity index (χ2v) is 9.63. The van der Waals surface area contributed by atoms with Gasteiger partial charge in [-0.2, -0.15) is 5.26 Å². The highest BCUT2D eigenvalue weighted by molar-refractivity contribution is 7.12. The van der Waals surface area contributed by atoms with Gasteiger partial charge in [0.2, 0.25) is 5.91 Å². The number of benzene rings is 1. The summed E-state index contributed by atoms with van der Waals surface area (Å²) in [4.78, 5) is 35.7. The summed E-state index contributed by atoms with van der Waals surface area (Å²) >= 11 is 0.999. The third-order valence-electron chi connectivity index (χ3n) is 6.20. The van der Waals surface area contributed by atoms with Crippen molar-refractivity contribution in [2.75, 3.05) is 13.7 Å². The number of aromatic nitrogens is 2. The van der Waals surface area contributed by atoms with Gasteiger partial charge in [-0.25, -0.2) is 9.78 Å². The van der Waals surface area contributed by atoms with E-state index in [0.29, 0.717) is 42.3 Å². The topological polar surface area (TPSA) is 116 Å². The Kier molecular flexibility index (Phi) is 7.33. The average Bonchev–Trinajstić information content (AvgIpc) is 3.61. The fourth-order valence-electron chi connectivity index (χ4n) is 4.15. The van der Waals surface area contributed by atoms with Crippen LogP contribution in [0.5, 0.6) is 5.75 Å². The fraction of sp³-hybridized carbons (Fsp3) is 0.296. The van der Waals surface area contributed by atoms with E-state index in [9.17, 15) is 20.0 Å². The Balaban J connectivity index is 1.57. The normalized spacial score (nSPS) is 13.3. The molecular weight excluding hydrogens is 476 g/mol. The Morgan fingerprint density at radius 2 is 2.11 bits per heavy atom. The number of thiazole rings is 1. The first kappa shape index (κ1) is 24.9. The highest BCUT2D eigenvalue weighted by atomic mass is 32.1. The number of hydrogen-bond donors (Lipinski definition) is 1. The molecule has 0 saturated heterocycles. The Bertz CT molecular complexity index is 1360. The van der Waals surface area contributed by atoms with Crippen LogP contribution < -0.4 is 4.74 Å². The average molecular weight is 501 g/mol. The van der Waals surface area contributed by atoms with Crippen LogP contribution in [0.15, 0.2) is 42.6 Å². The van der Waals surface area contributed by atoms with E-state index in [4.69, 9.17) is 11.2 Å². The molecule has 4 rings (SSSR count). The highest BCUT2D eigenvalue weighted by Crippen LogP contribution is 2.49. The zero-order valence-corrected chi connectivity index (χ0v) is 20.5. The van der Waals surface area contributed by atoms with Crippen LogP contribution in [-0.4, -0.2) is 45.5 Å². The largest absolute Gasteiger partial charge is 0.495 e. The number of hydrogen-bond acceptors (Lipinski definition) is 7. The van der Waals surface area contributed by atoms with Crippen molar-refractivity contribution in [3.05, 3.63) is 75.0 Å². The van der Waals surface area contributed by atoms with Gasteiger partial charge >= 0.3 is 5.97 Å². The lowest BCUT2D eigenvalue weighted by Crippen LogP contribution is -2.40. The molecule has 0 spiro atoms. The van der Waals surface area contributed by atoms with E-state index in [1.54, 1.807) is 24.3 Å². The van der Waals surface area contributed by atoms with Gasteiger partial charge in [0.25, 0.3) is 0 Å². The van der Waals surface area contributed by atoms with E-state index in [-0.39, 0.29) is 23.0 Å². The number of amides is 1. The third-order valence-corrected chi connectivity index (χ3v) is 7.14. The van der Waals surface area contributed by atoms with Gasteiger partial charge in [-0.05, 0) is 55.5 Å². The highest BCUT2D eigenvalue weighted by Gasteiger charge is 2.54. The molecule has 0 atom stereocenters. The summed E-state index contributed by atoms with van der Waals surface area (Å²) in [5.41, 5.74) is 1.55. The van der Waals surface area contributed by atoms with Crippen LogP contribution in [0.25, 0.3) is 0 Å². The standard InChI is InChI=1S/C27H24N4O4S/c1-3-18-6-4-7-19(14-18)8-5-13-31(17-23-30-24(25(32)33)21(15-28)36-23)26(34)27(11-12-27)22-10-9-20(35-2)16-29-22/h1,4,6-7,9-10,14,16H,5,8,11-13,17H2,2H3,(H,32,33). The Hall–Kier alpha value is -4.21. The lowest BCUT2D eigenvalue weighted by atomic mass is 9.99. The van der Waals surface area contributed by atoms with Crippen LogP contribution in [0, 0.1) is 23.7 Å². The first-order chi connectivity index (χ1) is 17.4. The van der Waals surface area contributed by atoms with Crippen LogP contribution in [0.1, 0.15) is 56.5 Å². The Morgan fingerprint density at radius 3 is 2.69 bits per heavy atom. The molecule has 0 radical (unpaired) electrons. The van der Waals surface area contributed by atoms with Crippen LogP contribution in [0.2, 0.25) is 0 Å². The molecular formula is C27H24N4O4S. The zero-order valence-electron chi connectivity index (χ0n) is 19.7. The van der Waals surface area contributed by atoms with Crippen molar-refractivity contribution in [1.29, 1.82) is 5.26 Å². The molecule has 0 aliphatic heterocycles. The van der Waals surface area contributed by atoms with Crippen LogP contribution in [0.4, 0.5) is 0 Å². The van der Waals surface area contributed by atoms with Crippen LogP contribution in [0.3, 0.4) is 0 Å². The number of pyridine rings is 1. The quantitative estimate of drug-likeness (QED) is 0.421. The van der Waals surface area contributed by atoms with Gasteiger partial charge in [0.15, 0.2) is 5.69 Å². The molecule has 3 aromatic rings. The lowest BCUT2D eigenvalue weighted by molar-refractivity contribution is -0.134. The zero-order chi connectivity index (χ0) is 25.7. The maximum Gasteiger partial charge on any atom is 0.356 e. The minimum Gasteiger partial charge on any atom is -0.495 e. The lowest BCUT2D eigenvalue weighted by Gasteiger charge is -2.27. The second-order valence-electron chi connectivity index (χ2n) is 8.54. The SMILES string of the molecule is C#Cc1cccc(CCCN(Cc2nc(C(=O)O)c(C#N)s2)C(=O)C2(c3ccc(OC)cn3)CC2)c1. The summed E-state index contributed by atoms with van der Waals surface area (Å²) < 4.78 is 5.19. The Morgan fingerprint density at radius 1 is 1.31 bits per heavy atom. The smallest absolute Gasteiger partial charge is 0.356 e. The van der Waals surface area contributed by atoms with E-state index < -0.39 is 11.4 Å². The van der Waals surface area contributed by atoms with Crippen molar-refractivity contribution in [3.63, 3.8) is 0 Å². The van der Waals surface area contributed by atoms with Crippen molar-refractivity contribution in [3.8, 4) is 24.2 Å². The summed E-state index contributed by atoms with van der Waals surface area (Å²) in [6.07, 6.45) is 9.85. The number of carboxylic acid groups (broad SMARTS) is 1. The summed E-state index contributed by atoms with van der Waals surface area (Å²) in [6, 6.07) is 13.2. The molecule has 9 heteroatoms. The number of nitrogens with zero attached hydrogens (tertiary/aromatic N) is 4. The maximum absolute atomic E-state index is 13.8. The number of carbonyl (C=O) groups excluding carboxylic acids is 1. The minimum atomic E-state index is -1.26. The number of aryl methyl sites for hydroxylation is 1. The molecule has 182 valence electrons.